The lowest BCUT2D eigenvalue weighted by Gasteiger charge is -1.98. The summed E-state index contributed by atoms with van der Waals surface area (Å²) in [5.74, 6) is 0.499. The maximum absolute atomic E-state index is 9.08. The number of aromatic nitrogens is 2. The summed E-state index contributed by atoms with van der Waals surface area (Å²) < 4.78 is 0. The molecule has 4 N–H and O–H groups in total. The molecule has 0 spiro atoms. The quantitative estimate of drug-likeness (QED) is 0.542. The molecule has 0 aliphatic heterocycles. The molecule has 4 nitrogen and oxygen atoms in total. The fourth-order valence-electron chi connectivity index (χ4n) is 0.799. The molecular weight excluding hydrogens is 130 g/mol. The van der Waals surface area contributed by atoms with Crippen LogP contribution in [0, 0.1) is 0 Å². The van der Waals surface area contributed by atoms with Gasteiger partial charge in [-0.1, -0.05) is 13.8 Å². The number of nitrogens with one attached hydrogen (secondary N) is 1. The van der Waals surface area contributed by atoms with Gasteiger partial charge in [0.15, 0.2) is 0 Å². The molecule has 0 aromatic carbocycles. The molecule has 0 bridgehead atoms. The van der Waals surface area contributed by atoms with Gasteiger partial charge in [-0.05, 0) is 5.92 Å². The highest BCUT2D eigenvalue weighted by Gasteiger charge is 2.09. The van der Waals surface area contributed by atoms with Gasteiger partial charge in [-0.2, -0.15) is 4.98 Å². The van der Waals surface area contributed by atoms with E-state index in [2.05, 4.69) is 9.97 Å². The number of nitrogens with two attached hydrogens (primary N) is 1. The summed E-state index contributed by atoms with van der Waals surface area (Å²) in [5.41, 5.74) is 5.98. The predicted octanol–water partition coefficient (Wildman–Crippen LogP) is 0.821. The van der Waals surface area contributed by atoms with Crippen molar-refractivity contribution >= 4 is 5.95 Å². The number of anilines is 1. The molecule has 0 aliphatic rings. The van der Waals surface area contributed by atoms with Crippen molar-refractivity contribution in [2.45, 2.75) is 19.8 Å². The minimum absolute atomic E-state index is 0.00694. The van der Waals surface area contributed by atoms with Crippen LogP contribution in [0.2, 0.25) is 0 Å². The largest absolute Gasteiger partial charge is 0.492 e. The summed E-state index contributed by atoms with van der Waals surface area (Å²) in [7, 11) is 0. The van der Waals surface area contributed by atoms with Crippen LogP contribution in [0.5, 0.6) is 5.88 Å². The summed E-state index contributed by atoms with van der Waals surface area (Å²) in [6.07, 6.45) is 0. The number of hydrogen-bond acceptors (Lipinski definition) is 3. The highest BCUT2D eigenvalue weighted by Crippen LogP contribution is 2.22. The fraction of sp³-hybridized carbons (Fsp3) is 0.500. The van der Waals surface area contributed by atoms with E-state index < -0.39 is 0 Å². The van der Waals surface area contributed by atoms with Crippen molar-refractivity contribution < 1.29 is 5.11 Å². The molecule has 1 rings (SSSR count). The molecule has 1 heterocycles. The molecule has 10 heavy (non-hydrogen) atoms. The molecule has 0 fully saturated rings. The molecule has 1 aromatic rings. The van der Waals surface area contributed by atoms with Crippen molar-refractivity contribution in [2.24, 2.45) is 0 Å². The molecule has 4 heteroatoms. The molecule has 0 saturated carbocycles. The molecule has 0 saturated heterocycles. The van der Waals surface area contributed by atoms with E-state index in [1.165, 1.54) is 0 Å². The van der Waals surface area contributed by atoms with Gasteiger partial charge in [0.1, 0.15) is 0 Å². The van der Waals surface area contributed by atoms with Gasteiger partial charge >= 0.3 is 0 Å². The summed E-state index contributed by atoms with van der Waals surface area (Å²) in [6, 6.07) is 0. The van der Waals surface area contributed by atoms with E-state index in [0.717, 1.165) is 0 Å². The minimum atomic E-state index is 0.00694. The van der Waals surface area contributed by atoms with Gasteiger partial charge in [0.05, 0.1) is 5.69 Å². The average Bonchev–Trinajstić information content (AvgIpc) is 2.10. The lowest BCUT2D eigenvalue weighted by Crippen LogP contribution is -1.89. The van der Waals surface area contributed by atoms with Crippen LogP contribution in [-0.2, 0) is 0 Å². The monoisotopic (exact) mass is 141 g/mol. The number of nitrogen functional groups attached to an aromatic ring is 1. The number of hydrogen-bond donors (Lipinski definition) is 3. The van der Waals surface area contributed by atoms with Crippen LogP contribution in [0.1, 0.15) is 25.5 Å². The number of nitrogens with zero attached hydrogens (tertiary/aromatic N) is 1. The lowest BCUT2D eigenvalue weighted by atomic mass is 10.1. The van der Waals surface area contributed by atoms with E-state index >= 15 is 0 Å². The van der Waals surface area contributed by atoms with Gasteiger partial charge in [0.2, 0.25) is 11.8 Å². The van der Waals surface area contributed by atoms with E-state index in [4.69, 9.17) is 10.8 Å². The smallest absolute Gasteiger partial charge is 0.234 e. The Morgan fingerprint density at radius 2 is 2.20 bits per heavy atom. The number of imidazole rings is 1. The third kappa shape index (κ3) is 1.05. The van der Waals surface area contributed by atoms with E-state index in [9.17, 15) is 0 Å². The van der Waals surface area contributed by atoms with E-state index in [1.54, 1.807) is 0 Å². The van der Waals surface area contributed by atoms with Gasteiger partial charge in [0.25, 0.3) is 0 Å². The lowest BCUT2D eigenvalue weighted by molar-refractivity contribution is 0.446. The van der Waals surface area contributed by atoms with E-state index in [0.29, 0.717) is 5.69 Å². The second-order valence-electron chi connectivity index (χ2n) is 2.51. The Balaban J connectivity index is 3.03. The third-order valence-corrected chi connectivity index (χ3v) is 1.31. The Hall–Kier alpha value is -1.19. The SMILES string of the molecule is CC(C)c1[nH]c(N)nc1O. The highest BCUT2D eigenvalue weighted by atomic mass is 16.3. The van der Waals surface area contributed by atoms with Crippen LogP contribution in [-0.4, -0.2) is 15.1 Å². The molecule has 0 unspecified atom stereocenters. The maximum Gasteiger partial charge on any atom is 0.234 e. The Kier molecular flexibility index (Phi) is 1.53. The van der Waals surface area contributed by atoms with Crippen LogP contribution < -0.4 is 5.73 Å². The van der Waals surface area contributed by atoms with Crippen molar-refractivity contribution in [3.05, 3.63) is 5.69 Å². The van der Waals surface area contributed by atoms with Gasteiger partial charge in [-0.3, -0.25) is 0 Å². The summed E-state index contributed by atoms with van der Waals surface area (Å²) in [4.78, 5) is 6.37. The van der Waals surface area contributed by atoms with Crippen molar-refractivity contribution in [2.75, 3.05) is 5.73 Å². The average molecular weight is 141 g/mol. The Bertz CT molecular complexity index is 229. The van der Waals surface area contributed by atoms with Gasteiger partial charge in [-0.15, -0.1) is 0 Å². The summed E-state index contributed by atoms with van der Waals surface area (Å²) >= 11 is 0. The Morgan fingerprint density at radius 1 is 1.60 bits per heavy atom. The molecule has 0 aliphatic carbocycles. The highest BCUT2D eigenvalue weighted by molar-refractivity contribution is 5.31. The van der Waals surface area contributed by atoms with Crippen LogP contribution >= 0.6 is 0 Å². The third-order valence-electron chi connectivity index (χ3n) is 1.31. The number of aromatic hydroxyl groups is 1. The molecule has 0 radical (unpaired) electrons. The molecule has 56 valence electrons. The zero-order chi connectivity index (χ0) is 7.72. The zero-order valence-electron chi connectivity index (χ0n) is 6.05. The topological polar surface area (TPSA) is 74.9 Å². The molecular formula is C6H11N3O. The van der Waals surface area contributed by atoms with Crippen molar-refractivity contribution in [3.63, 3.8) is 0 Å². The van der Waals surface area contributed by atoms with Gasteiger partial charge < -0.3 is 15.8 Å². The molecule has 0 atom stereocenters. The number of rotatable bonds is 1. The Morgan fingerprint density at radius 3 is 2.40 bits per heavy atom. The molecule has 0 amide bonds. The first-order chi connectivity index (χ1) is 4.61. The zero-order valence-corrected chi connectivity index (χ0v) is 6.05. The first kappa shape index (κ1) is 6.92. The fourth-order valence-corrected chi connectivity index (χ4v) is 0.799. The first-order valence-electron chi connectivity index (χ1n) is 3.15. The van der Waals surface area contributed by atoms with Gasteiger partial charge in [-0.25, -0.2) is 0 Å². The second-order valence-corrected chi connectivity index (χ2v) is 2.51. The van der Waals surface area contributed by atoms with Crippen LogP contribution in [0.3, 0.4) is 0 Å². The normalized spacial score (nSPS) is 10.7. The van der Waals surface area contributed by atoms with Gasteiger partial charge in [0, 0.05) is 0 Å². The summed E-state index contributed by atoms with van der Waals surface area (Å²) in [6.45, 7) is 3.90. The van der Waals surface area contributed by atoms with E-state index in [1.807, 2.05) is 13.8 Å². The second kappa shape index (κ2) is 2.21. The number of H-pyrrole nitrogens is 1. The maximum atomic E-state index is 9.08. The van der Waals surface area contributed by atoms with Crippen LogP contribution in [0.25, 0.3) is 0 Å². The van der Waals surface area contributed by atoms with E-state index in [-0.39, 0.29) is 17.7 Å². The molecule has 1 aromatic heterocycles. The number of aromatic amines is 1. The van der Waals surface area contributed by atoms with Crippen LogP contribution in [0.4, 0.5) is 5.95 Å². The van der Waals surface area contributed by atoms with Crippen molar-refractivity contribution in [3.8, 4) is 5.88 Å². The predicted molar refractivity (Wildman–Crippen MR) is 38.8 cm³/mol. The van der Waals surface area contributed by atoms with Crippen molar-refractivity contribution in [1.82, 2.24) is 9.97 Å². The summed E-state index contributed by atoms with van der Waals surface area (Å²) in [5, 5.41) is 9.08. The Labute approximate surface area is 59.1 Å². The van der Waals surface area contributed by atoms with Crippen molar-refractivity contribution in [1.29, 1.82) is 0 Å². The first-order valence-corrected chi connectivity index (χ1v) is 3.15. The van der Waals surface area contributed by atoms with Crippen LogP contribution in [0.15, 0.2) is 0 Å². The minimum Gasteiger partial charge on any atom is -0.492 e. The standard InChI is InChI=1S/C6H11N3O/c1-3(2)4-5(10)9-6(7)8-4/h3,10H,1-2H3,(H3,7,8,9).